The van der Waals surface area contributed by atoms with E-state index in [-0.39, 0.29) is 68.5 Å². The van der Waals surface area contributed by atoms with E-state index in [4.69, 9.17) is 0 Å². The summed E-state index contributed by atoms with van der Waals surface area (Å²) < 4.78 is 0. The van der Waals surface area contributed by atoms with Crippen molar-refractivity contribution in [2.75, 3.05) is 0 Å². The van der Waals surface area contributed by atoms with Crippen molar-refractivity contribution in [2.24, 2.45) is 5.92 Å². The molecule has 0 radical (unpaired) electrons. The Hall–Kier alpha value is 0.501. The van der Waals surface area contributed by atoms with E-state index in [0.717, 1.165) is 0 Å². The third-order valence-electron chi connectivity index (χ3n) is 3.51. The van der Waals surface area contributed by atoms with Gasteiger partial charge in [0.15, 0.2) is 0 Å². The maximum absolute atomic E-state index is 3.73. The van der Waals surface area contributed by atoms with Crippen LogP contribution in [0.15, 0.2) is 46.7 Å². The fraction of sp³-hybridized carbons (Fsp3) is 0.412. The van der Waals surface area contributed by atoms with Crippen molar-refractivity contribution in [1.29, 1.82) is 0 Å². The predicted molar refractivity (Wildman–Crippen MR) is 82.8 cm³/mol. The molecule has 2 rings (SSSR count). The van der Waals surface area contributed by atoms with E-state index in [1.807, 2.05) is 0 Å². The first-order valence-corrected chi connectivity index (χ1v) is 8.49. The minimum atomic E-state index is -0.284. The first-order valence-electron chi connectivity index (χ1n) is 7.08. The van der Waals surface area contributed by atoms with Crippen molar-refractivity contribution in [3.63, 3.8) is 0 Å². The normalized spacial score (nSPS) is 13.2. The quantitative estimate of drug-likeness (QED) is 0.336. The standard InChI is InChI=1S/C17H23Si.3ClH.Ti/c1-4-8-14-11-16(12-17(14)13(2)3)18-15-9-6-5-7-10-15;;;;/h5-7,9-10,13H,4,8,11,18H2,1-3H3;3*1H;/q-1;;;;+4/p-3. The van der Waals surface area contributed by atoms with Gasteiger partial charge in [0.05, 0.1) is 9.52 Å². The molecule has 0 spiro atoms. The summed E-state index contributed by atoms with van der Waals surface area (Å²) in [5.41, 5.74) is 3.17. The number of hydrogen-bond acceptors (Lipinski definition) is 0. The molecule has 0 aliphatic heterocycles. The molecular formula is C17H23Cl3SiTi. The van der Waals surface area contributed by atoms with Gasteiger partial charge in [-0.3, -0.25) is 6.08 Å². The summed E-state index contributed by atoms with van der Waals surface area (Å²) in [5.74, 6) is 0.633. The molecule has 0 fully saturated rings. The molecule has 0 bridgehead atoms. The van der Waals surface area contributed by atoms with Gasteiger partial charge in [-0.1, -0.05) is 81.5 Å². The van der Waals surface area contributed by atoms with E-state index < -0.39 is 0 Å². The van der Waals surface area contributed by atoms with Crippen molar-refractivity contribution in [3.05, 3.63) is 52.8 Å². The van der Waals surface area contributed by atoms with E-state index >= 15 is 0 Å². The minimum absolute atomic E-state index is 0. The second-order valence-corrected chi connectivity index (χ2v) is 7.51. The van der Waals surface area contributed by atoms with Crippen molar-refractivity contribution in [3.8, 4) is 0 Å². The minimum Gasteiger partial charge on any atom is -1.00 e. The van der Waals surface area contributed by atoms with Crippen LogP contribution in [-0.4, -0.2) is 9.52 Å². The van der Waals surface area contributed by atoms with Crippen molar-refractivity contribution in [2.45, 2.75) is 40.0 Å². The molecule has 0 unspecified atom stereocenters. The summed E-state index contributed by atoms with van der Waals surface area (Å²) in [7, 11) is -0.284. The molecule has 5 heteroatoms. The fourth-order valence-corrected chi connectivity index (χ4v) is 4.41. The van der Waals surface area contributed by atoms with Crippen LogP contribution in [0.1, 0.15) is 40.0 Å². The van der Waals surface area contributed by atoms with Crippen LogP contribution in [0.5, 0.6) is 0 Å². The summed E-state index contributed by atoms with van der Waals surface area (Å²) >= 11 is 0. The Balaban J connectivity index is -0.000000902. The Kier molecular flexibility index (Phi) is 17.3. The average molecular weight is 410 g/mol. The number of halogens is 3. The second-order valence-electron chi connectivity index (χ2n) is 5.49. The topological polar surface area (TPSA) is 0 Å². The largest absolute Gasteiger partial charge is 4.00 e. The fourth-order valence-electron chi connectivity index (χ4n) is 2.70. The van der Waals surface area contributed by atoms with Crippen LogP contribution >= 0.6 is 0 Å². The monoisotopic (exact) mass is 408 g/mol. The van der Waals surface area contributed by atoms with Gasteiger partial charge in [-0.15, -0.1) is 0 Å². The molecule has 22 heavy (non-hydrogen) atoms. The zero-order chi connectivity index (χ0) is 13.0. The molecule has 1 aliphatic rings. The van der Waals surface area contributed by atoms with Gasteiger partial charge in [0.1, 0.15) is 0 Å². The Morgan fingerprint density at radius 1 is 1.09 bits per heavy atom. The first-order chi connectivity index (χ1) is 8.70. The molecule has 0 N–H and O–H groups in total. The molecule has 0 aromatic heterocycles. The molecule has 1 aliphatic carbocycles. The molecule has 0 saturated heterocycles. The smallest absolute Gasteiger partial charge is 1.00 e. The Morgan fingerprint density at radius 2 is 1.68 bits per heavy atom. The summed E-state index contributed by atoms with van der Waals surface area (Å²) in [4.78, 5) is 0. The van der Waals surface area contributed by atoms with Gasteiger partial charge in [0.2, 0.25) is 0 Å². The summed E-state index contributed by atoms with van der Waals surface area (Å²) in [5, 5.41) is 3.15. The molecule has 0 heterocycles. The predicted octanol–water partition coefficient (Wildman–Crippen LogP) is -5.67. The van der Waals surface area contributed by atoms with E-state index in [2.05, 4.69) is 57.2 Å². The maximum Gasteiger partial charge on any atom is 4.00 e. The zero-order valence-electron chi connectivity index (χ0n) is 13.4. The number of hydrogen-bond donors (Lipinski definition) is 0. The van der Waals surface area contributed by atoms with Crippen LogP contribution in [0.3, 0.4) is 0 Å². The molecule has 0 amide bonds. The van der Waals surface area contributed by atoms with Gasteiger partial charge in [0, 0.05) is 0 Å². The van der Waals surface area contributed by atoms with E-state index in [9.17, 15) is 0 Å². The number of rotatable bonds is 5. The van der Waals surface area contributed by atoms with E-state index in [1.54, 1.807) is 16.0 Å². The molecule has 0 atom stereocenters. The Bertz CT molecular complexity index is 470. The van der Waals surface area contributed by atoms with E-state index in [1.165, 1.54) is 24.8 Å². The van der Waals surface area contributed by atoms with Gasteiger partial charge >= 0.3 is 21.7 Å². The maximum atomic E-state index is 3.73. The van der Waals surface area contributed by atoms with Gasteiger partial charge in [-0.2, -0.15) is 5.20 Å². The van der Waals surface area contributed by atoms with Gasteiger partial charge in [-0.25, -0.2) is 11.1 Å². The Labute approximate surface area is 171 Å². The third kappa shape index (κ3) is 7.86. The average Bonchev–Trinajstić information content (AvgIpc) is 2.74. The van der Waals surface area contributed by atoms with Crippen LogP contribution in [-0.2, 0) is 21.7 Å². The second kappa shape index (κ2) is 13.9. The Morgan fingerprint density at radius 3 is 2.18 bits per heavy atom. The first kappa shape index (κ1) is 27.4. The summed E-state index contributed by atoms with van der Waals surface area (Å²) in [6, 6.07) is 11.0. The van der Waals surface area contributed by atoms with Crippen LogP contribution in [0.2, 0.25) is 0 Å². The van der Waals surface area contributed by atoms with Crippen LogP contribution in [0.25, 0.3) is 0 Å². The molecule has 120 valence electrons. The van der Waals surface area contributed by atoms with Crippen LogP contribution in [0, 0.1) is 12.0 Å². The zero-order valence-corrected chi connectivity index (χ0v) is 18.7. The number of benzene rings is 1. The SMILES string of the molecule is CCCC1=C(C(C)C)[C-]=C([SiH2]c2ccccc2)C1.[Cl-].[Cl-].[Cl-].[Ti+4]. The molecule has 0 nitrogen and oxygen atoms in total. The van der Waals surface area contributed by atoms with Crippen molar-refractivity contribution >= 4 is 14.7 Å². The van der Waals surface area contributed by atoms with Gasteiger partial charge in [0.25, 0.3) is 0 Å². The van der Waals surface area contributed by atoms with Crippen molar-refractivity contribution < 1.29 is 58.9 Å². The number of allylic oxidation sites excluding steroid dienone is 4. The summed E-state index contributed by atoms with van der Waals surface area (Å²) in [6.45, 7) is 6.87. The molecule has 1 aromatic rings. The van der Waals surface area contributed by atoms with Gasteiger partial charge in [-0.05, 0) is 0 Å². The third-order valence-corrected chi connectivity index (χ3v) is 5.24. The summed E-state index contributed by atoms with van der Waals surface area (Å²) in [6.07, 6.45) is 7.46. The molecule has 0 saturated carbocycles. The van der Waals surface area contributed by atoms with Crippen LogP contribution < -0.4 is 42.4 Å². The van der Waals surface area contributed by atoms with Crippen molar-refractivity contribution in [1.82, 2.24) is 0 Å². The molecule has 1 aromatic carbocycles. The van der Waals surface area contributed by atoms with Gasteiger partial charge < -0.3 is 37.2 Å². The molecular weight excluding hydrogens is 386 g/mol. The van der Waals surface area contributed by atoms with Crippen LogP contribution in [0.4, 0.5) is 0 Å². The van der Waals surface area contributed by atoms with E-state index in [0.29, 0.717) is 5.92 Å².